The summed E-state index contributed by atoms with van der Waals surface area (Å²) in [4.78, 5) is 15.7. The van der Waals surface area contributed by atoms with E-state index in [1.54, 1.807) is 4.90 Å². The van der Waals surface area contributed by atoms with Gasteiger partial charge in [-0.2, -0.15) is 0 Å². The highest BCUT2D eigenvalue weighted by molar-refractivity contribution is 5.82. The normalized spacial score (nSPS) is 35.2. The van der Waals surface area contributed by atoms with Gasteiger partial charge in [0.25, 0.3) is 5.91 Å². The van der Waals surface area contributed by atoms with E-state index in [4.69, 9.17) is 4.74 Å². The average molecular weight is 245 g/mol. The summed E-state index contributed by atoms with van der Waals surface area (Å²) in [6.45, 7) is 2.37. The Balaban J connectivity index is 1.93. The molecule has 0 spiro atoms. The van der Waals surface area contributed by atoms with Gasteiger partial charge in [-0.1, -0.05) is 0 Å². The fourth-order valence-electron chi connectivity index (χ4n) is 2.46. The fourth-order valence-corrected chi connectivity index (χ4v) is 2.46. The Morgan fingerprint density at radius 3 is 2.76 bits per heavy atom. The third kappa shape index (κ3) is 2.59. The van der Waals surface area contributed by atoms with Gasteiger partial charge < -0.3 is 9.64 Å². The van der Waals surface area contributed by atoms with E-state index in [1.165, 1.54) is 7.11 Å². The number of likely N-dealkylation sites (tertiary alicyclic amines) is 1. The van der Waals surface area contributed by atoms with E-state index >= 15 is 0 Å². The molecule has 0 aromatic carbocycles. The molecule has 6 heteroatoms. The molecule has 2 rings (SSSR count). The minimum atomic E-state index is -1.08. The first-order valence-electron chi connectivity index (χ1n) is 6.02. The number of piperidine rings is 1. The van der Waals surface area contributed by atoms with Gasteiger partial charge in [0, 0.05) is 26.7 Å². The van der Waals surface area contributed by atoms with E-state index in [-0.39, 0.29) is 24.7 Å². The summed E-state index contributed by atoms with van der Waals surface area (Å²) in [5, 5.41) is 3.12. The molecular formula is C11H20FN3O2. The van der Waals surface area contributed by atoms with Gasteiger partial charge in [-0.05, 0) is 13.5 Å². The summed E-state index contributed by atoms with van der Waals surface area (Å²) >= 11 is 0. The van der Waals surface area contributed by atoms with E-state index in [1.807, 2.05) is 11.9 Å². The second kappa shape index (κ2) is 5.29. The molecule has 1 N–H and O–H groups in total. The molecule has 2 aliphatic heterocycles. The summed E-state index contributed by atoms with van der Waals surface area (Å²) in [5.74, 6) is -0.0257. The van der Waals surface area contributed by atoms with Gasteiger partial charge in [-0.15, -0.1) is 0 Å². The van der Waals surface area contributed by atoms with Gasteiger partial charge in [-0.3, -0.25) is 15.0 Å². The summed E-state index contributed by atoms with van der Waals surface area (Å²) in [6, 6.07) is 0. The number of hydrogen-bond acceptors (Lipinski definition) is 4. The maximum Gasteiger partial charge on any atom is 0.254 e. The number of carbonyl (C=O) groups excluding carboxylic acids is 1. The number of nitrogens with zero attached hydrogens (tertiary/aromatic N) is 2. The number of methoxy groups -OCH3 is 1. The number of nitrogens with one attached hydrogen (secondary N) is 1. The van der Waals surface area contributed by atoms with Crippen molar-refractivity contribution in [1.82, 2.24) is 15.1 Å². The monoisotopic (exact) mass is 245 g/mol. The van der Waals surface area contributed by atoms with Crippen molar-refractivity contribution in [2.24, 2.45) is 0 Å². The lowest BCUT2D eigenvalue weighted by atomic mass is 10.1. The zero-order chi connectivity index (χ0) is 12.4. The molecule has 0 aromatic rings. The van der Waals surface area contributed by atoms with Crippen molar-refractivity contribution in [1.29, 1.82) is 0 Å². The number of likely N-dealkylation sites (N-methyl/N-ethyl adjacent to an activating group) is 1. The lowest BCUT2D eigenvalue weighted by Gasteiger charge is -2.36. The average Bonchev–Trinajstić information content (AvgIpc) is 2.74. The maximum atomic E-state index is 13.7. The van der Waals surface area contributed by atoms with Gasteiger partial charge >= 0.3 is 0 Å². The highest BCUT2D eigenvalue weighted by Crippen LogP contribution is 2.18. The predicted octanol–water partition coefficient (Wildman–Crippen LogP) is -0.567. The van der Waals surface area contributed by atoms with Crippen LogP contribution in [0.5, 0.6) is 0 Å². The smallest absolute Gasteiger partial charge is 0.254 e. The maximum absolute atomic E-state index is 13.7. The topological polar surface area (TPSA) is 44.8 Å². The number of amides is 1. The molecule has 0 radical (unpaired) electrons. The van der Waals surface area contributed by atoms with E-state index < -0.39 is 6.17 Å². The minimum Gasteiger partial charge on any atom is -0.378 e. The zero-order valence-electron chi connectivity index (χ0n) is 10.4. The number of rotatable bonds is 2. The van der Waals surface area contributed by atoms with Crippen LogP contribution in [0.3, 0.4) is 0 Å². The van der Waals surface area contributed by atoms with Crippen LogP contribution in [0.4, 0.5) is 4.39 Å². The molecule has 2 heterocycles. The molecule has 1 unspecified atom stereocenters. The van der Waals surface area contributed by atoms with E-state index in [0.29, 0.717) is 13.0 Å². The molecule has 98 valence electrons. The summed E-state index contributed by atoms with van der Waals surface area (Å²) in [5.41, 5.74) is 0. The van der Waals surface area contributed by atoms with Gasteiger partial charge in [0.1, 0.15) is 12.3 Å². The van der Waals surface area contributed by atoms with Crippen molar-refractivity contribution in [2.75, 3.05) is 40.3 Å². The van der Waals surface area contributed by atoms with E-state index in [2.05, 4.69) is 5.32 Å². The van der Waals surface area contributed by atoms with E-state index in [9.17, 15) is 9.18 Å². The number of ether oxygens (including phenoxy) is 1. The van der Waals surface area contributed by atoms with Gasteiger partial charge in [0.2, 0.25) is 0 Å². The third-order valence-corrected chi connectivity index (χ3v) is 3.57. The molecule has 0 aliphatic carbocycles. The first-order valence-corrected chi connectivity index (χ1v) is 6.02. The molecule has 0 saturated carbocycles. The number of carbonyl (C=O) groups is 1. The number of halogens is 1. The number of hydrogen-bond donors (Lipinski definition) is 1. The second-order valence-electron chi connectivity index (χ2n) is 4.70. The first kappa shape index (κ1) is 12.7. The highest BCUT2D eigenvalue weighted by atomic mass is 19.1. The van der Waals surface area contributed by atoms with Crippen LogP contribution in [-0.4, -0.2) is 74.5 Å². The largest absolute Gasteiger partial charge is 0.378 e. The van der Waals surface area contributed by atoms with Crippen LogP contribution in [-0.2, 0) is 9.53 Å². The lowest BCUT2D eigenvalue weighted by Crippen LogP contribution is -2.55. The van der Waals surface area contributed by atoms with Crippen LogP contribution >= 0.6 is 0 Å². The van der Waals surface area contributed by atoms with Gasteiger partial charge in [0.05, 0.1) is 12.6 Å². The third-order valence-electron chi connectivity index (χ3n) is 3.57. The molecule has 2 fully saturated rings. The molecule has 5 nitrogen and oxygen atoms in total. The van der Waals surface area contributed by atoms with Crippen molar-refractivity contribution in [3.8, 4) is 0 Å². The molecule has 2 aliphatic rings. The van der Waals surface area contributed by atoms with Crippen LogP contribution in [0, 0.1) is 0 Å². The summed E-state index contributed by atoms with van der Waals surface area (Å²) < 4.78 is 18.7. The molecule has 3 atom stereocenters. The quantitative estimate of drug-likeness (QED) is 0.708. The summed E-state index contributed by atoms with van der Waals surface area (Å²) in [6.07, 6.45) is -1.17. The second-order valence-corrected chi connectivity index (χ2v) is 4.70. The minimum absolute atomic E-state index is 0.0257. The molecule has 2 saturated heterocycles. The van der Waals surface area contributed by atoms with Crippen LogP contribution in [0.15, 0.2) is 0 Å². The van der Waals surface area contributed by atoms with E-state index in [0.717, 1.165) is 13.1 Å². The van der Waals surface area contributed by atoms with Crippen LogP contribution < -0.4 is 5.32 Å². The predicted molar refractivity (Wildman–Crippen MR) is 61.3 cm³/mol. The fraction of sp³-hybridized carbons (Fsp3) is 0.909. The molecule has 17 heavy (non-hydrogen) atoms. The molecule has 1 amide bonds. The van der Waals surface area contributed by atoms with Crippen molar-refractivity contribution >= 4 is 5.91 Å². The Hall–Kier alpha value is -0.720. The molecule has 0 bridgehead atoms. The Kier molecular flexibility index (Phi) is 3.96. The van der Waals surface area contributed by atoms with Crippen molar-refractivity contribution in [3.63, 3.8) is 0 Å². The Morgan fingerprint density at radius 2 is 2.24 bits per heavy atom. The SMILES string of the molecule is CO[C@H]1CCN(C(=O)C2NCCN2C)C[C@H]1F. The van der Waals surface area contributed by atoms with Gasteiger partial charge in [0.15, 0.2) is 0 Å². The van der Waals surface area contributed by atoms with Crippen molar-refractivity contribution in [3.05, 3.63) is 0 Å². The van der Waals surface area contributed by atoms with Gasteiger partial charge in [-0.25, -0.2) is 4.39 Å². The zero-order valence-corrected chi connectivity index (χ0v) is 10.4. The lowest BCUT2D eigenvalue weighted by molar-refractivity contribution is -0.141. The molecular weight excluding hydrogens is 225 g/mol. The molecule has 0 aromatic heterocycles. The Bertz CT molecular complexity index is 290. The summed E-state index contributed by atoms with van der Waals surface area (Å²) in [7, 11) is 3.42. The highest BCUT2D eigenvalue weighted by Gasteiger charge is 2.36. The Labute approximate surface area is 101 Å². The van der Waals surface area contributed by atoms with Crippen LogP contribution in [0.1, 0.15) is 6.42 Å². The standard InChI is InChI=1S/C11H20FN3O2/c1-14-6-4-13-10(14)11(16)15-5-3-9(17-2)8(12)7-15/h8-10,13H,3-7H2,1-2H3/t8-,9+,10?/m1/s1. The van der Waals surface area contributed by atoms with Crippen LogP contribution in [0.25, 0.3) is 0 Å². The van der Waals surface area contributed by atoms with Crippen molar-refractivity contribution in [2.45, 2.75) is 24.9 Å². The number of alkyl halides is 1. The van der Waals surface area contributed by atoms with Crippen molar-refractivity contribution < 1.29 is 13.9 Å². The van der Waals surface area contributed by atoms with Crippen LogP contribution in [0.2, 0.25) is 0 Å². The Morgan fingerprint density at radius 1 is 1.47 bits per heavy atom. The first-order chi connectivity index (χ1) is 8.13.